The molecule has 0 heterocycles. The third kappa shape index (κ3) is 3.40. The molecular weight excluding hydrogens is 330 g/mol. The van der Waals surface area contributed by atoms with Gasteiger partial charge in [0.05, 0.1) is 26.2 Å². The van der Waals surface area contributed by atoms with E-state index >= 15 is 0 Å². The molecule has 0 radical (unpaired) electrons. The minimum Gasteiger partial charge on any atom is -0.394 e. The summed E-state index contributed by atoms with van der Waals surface area (Å²) in [6.45, 7) is -4.45. The molecule has 138 valence electrons. The lowest BCUT2D eigenvalue weighted by atomic mass is 9.68. The lowest BCUT2D eigenvalue weighted by Gasteiger charge is -2.43. The van der Waals surface area contributed by atoms with Crippen molar-refractivity contribution in [1.29, 1.82) is 0 Å². The smallest absolute Gasteiger partial charge is 0.242 e. The Morgan fingerprint density at radius 3 is 1.67 bits per heavy atom. The van der Waals surface area contributed by atoms with E-state index in [4.69, 9.17) is 22.3 Å². The number of rotatable bonds is 11. The summed E-state index contributed by atoms with van der Waals surface area (Å²) in [6, 6.07) is 0. The van der Waals surface area contributed by atoms with E-state index in [1.165, 1.54) is 0 Å². The Morgan fingerprint density at radius 1 is 0.875 bits per heavy atom. The molecule has 0 saturated heterocycles. The number of hydrogen-bond donors (Lipinski definition) is 8. The predicted molar refractivity (Wildman–Crippen MR) is 76.2 cm³/mol. The first-order valence-corrected chi connectivity index (χ1v) is 6.66. The standard InChI is InChI=1S/C12H21N3O9/c13-1-5(17)9(21)11(23,7(19)2-14)12(24,8(20)3-15)10(22)6(18)4-16/h6,10,16,18,22-24H,1-4,13-15H2/t6-,10-,11+,12+/m1/s1. The van der Waals surface area contributed by atoms with Gasteiger partial charge >= 0.3 is 0 Å². The molecule has 0 aliphatic rings. The minimum absolute atomic E-state index is 0.995. The fourth-order valence-corrected chi connectivity index (χ4v) is 2.07. The fourth-order valence-electron chi connectivity index (χ4n) is 2.07. The van der Waals surface area contributed by atoms with Crippen molar-refractivity contribution in [2.45, 2.75) is 23.4 Å². The molecule has 0 aliphatic carbocycles. The van der Waals surface area contributed by atoms with E-state index in [-0.39, 0.29) is 0 Å². The number of aliphatic hydroxyl groups is 5. The summed E-state index contributed by atoms with van der Waals surface area (Å²) in [7, 11) is 0. The maximum Gasteiger partial charge on any atom is 0.242 e. The molecule has 0 aliphatic heterocycles. The summed E-state index contributed by atoms with van der Waals surface area (Å²) >= 11 is 0. The molecular formula is C12H21N3O9. The van der Waals surface area contributed by atoms with Gasteiger partial charge in [0.15, 0.2) is 17.2 Å². The number of hydrogen-bond acceptors (Lipinski definition) is 12. The van der Waals surface area contributed by atoms with Crippen LogP contribution in [-0.2, 0) is 19.2 Å². The molecule has 12 nitrogen and oxygen atoms in total. The van der Waals surface area contributed by atoms with Gasteiger partial charge in [-0.3, -0.25) is 19.2 Å². The maximum absolute atomic E-state index is 12.1. The van der Waals surface area contributed by atoms with Crippen LogP contribution < -0.4 is 17.2 Å². The third-order valence-corrected chi connectivity index (χ3v) is 3.50. The number of ketones is 4. The zero-order valence-corrected chi connectivity index (χ0v) is 12.6. The Balaban J connectivity index is 6.62. The van der Waals surface area contributed by atoms with E-state index < -0.39 is 72.8 Å². The average Bonchev–Trinajstić information content (AvgIpc) is 2.61. The Hall–Kier alpha value is -1.64. The van der Waals surface area contributed by atoms with E-state index in [2.05, 4.69) is 0 Å². The quantitative estimate of drug-likeness (QED) is 0.128. The van der Waals surface area contributed by atoms with Gasteiger partial charge in [-0.2, -0.15) is 0 Å². The summed E-state index contributed by atoms with van der Waals surface area (Å²) in [5.74, 6) is -6.95. The van der Waals surface area contributed by atoms with Crippen LogP contribution in [0.4, 0.5) is 0 Å². The summed E-state index contributed by atoms with van der Waals surface area (Å²) in [5.41, 5.74) is 7.43. The van der Waals surface area contributed by atoms with Gasteiger partial charge in [-0.25, -0.2) is 0 Å². The molecule has 0 rings (SSSR count). The van der Waals surface area contributed by atoms with Crippen molar-refractivity contribution in [1.82, 2.24) is 0 Å². The van der Waals surface area contributed by atoms with E-state index in [0.717, 1.165) is 0 Å². The molecule has 0 aromatic heterocycles. The van der Waals surface area contributed by atoms with Crippen molar-refractivity contribution < 1.29 is 44.7 Å². The van der Waals surface area contributed by atoms with Gasteiger partial charge in [0.25, 0.3) is 0 Å². The number of nitrogens with two attached hydrogens (primary N) is 3. The molecule has 0 amide bonds. The van der Waals surface area contributed by atoms with E-state index in [1.54, 1.807) is 0 Å². The number of carbonyl (C=O) groups is 4. The van der Waals surface area contributed by atoms with Crippen LogP contribution in [0.1, 0.15) is 0 Å². The van der Waals surface area contributed by atoms with Crippen molar-refractivity contribution in [3.05, 3.63) is 0 Å². The molecule has 0 saturated carbocycles. The van der Waals surface area contributed by atoms with Gasteiger partial charge < -0.3 is 42.7 Å². The van der Waals surface area contributed by atoms with E-state index in [9.17, 15) is 39.6 Å². The second kappa shape index (κ2) is 8.46. The average molecular weight is 351 g/mol. The highest BCUT2D eigenvalue weighted by Gasteiger charge is 2.68. The first kappa shape index (κ1) is 22.4. The lowest BCUT2D eigenvalue weighted by molar-refractivity contribution is -0.217. The normalized spacial score (nSPS) is 18.8. The Labute approximate surface area is 135 Å². The van der Waals surface area contributed by atoms with E-state index in [0.29, 0.717) is 0 Å². The summed E-state index contributed by atoms with van der Waals surface area (Å²) in [4.78, 5) is 47.6. The van der Waals surface area contributed by atoms with Gasteiger partial charge in [0, 0.05) is 0 Å². The molecule has 0 fully saturated rings. The third-order valence-electron chi connectivity index (χ3n) is 3.50. The zero-order chi connectivity index (χ0) is 19.3. The van der Waals surface area contributed by atoms with Crippen LogP contribution in [0.5, 0.6) is 0 Å². The highest BCUT2D eigenvalue weighted by atomic mass is 16.4. The second-order valence-corrected chi connectivity index (χ2v) is 4.88. The van der Waals surface area contributed by atoms with Gasteiger partial charge in [-0.05, 0) is 0 Å². The van der Waals surface area contributed by atoms with Crippen LogP contribution in [0.3, 0.4) is 0 Å². The Bertz CT molecular complexity index is 526. The second-order valence-electron chi connectivity index (χ2n) is 4.88. The molecule has 0 bridgehead atoms. The fraction of sp³-hybridized carbons (Fsp3) is 0.667. The number of carbonyl (C=O) groups excluding carboxylic acids is 4. The zero-order valence-electron chi connectivity index (χ0n) is 12.6. The predicted octanol–water partition coefficient (Wildman–Crippen LogP) is -6.68. The van der Waals surface area contributed by atoms with Crippen molar-refractivity contribution in [2.75, 3.05) is 26.2 Å². The summed E-state index contributed by atoms with van der Waals surface area (Å²) in [5, 5.41) is 49.2. The molecule has 12 heteroatoms. The highest BCUT2D eigenvalue weighted by Crippen LogP contribution is 2.31. The number of aliphatic hydroxyl groups excluding tert-OH is 3. The first-order valence-electron chi connectivity index (χ1n) is 6.66. The van der Waals surface area contributed by atoms with Crippen LogP contribution in [0.2, 0.25) is 0 Å². The summed E-state index contributed by atoms with van der Waals surface area (Å²) < 4.78 is 0. The largest absolute Gasteiger partial charge is 0.394 e. The molecule has 4 atom stereocenters. The molecule has 0 unspecified atom stereocenters. The summed E-state index contributed by atoms with van der Waals surface area (Å²) in [6.07, 6.45) is -5.03. The van der Waals surface area contributed by atoms with Gasteiger partial charge in [0.1, 0.15) is 12.2 Å². The van der Waals surface area contributed by atoms with Crippen molar-refractivity contribution >= 4 is 23.1 Å². The van der Waals surface area contributed by atoms with Crippen molar-refractivity contribution in [3.8, 4) is 0 Å². The van der Waals surface area contributed by atoms with Crippen molar-refractivity contribution in [2.24, 2.45) is 17.2 Å². The Morgan fingerprint density at radius 2 is 1.33 bits per heavy atom. The molecule has 0 aromatic carbocycles. The SMILES string of the molecule is NCC(=O)C(=O)[C@@](O)(C(=O)CN)[C@](O)(C(=O)CN)[C@H](O)[C@H](O)CO. The van der Waals surface area contributed by atoms with Crippen LogP contribution >= 0.6 is 0 Å². The molecule has 0 spiro atoms. The van der Waals surface area contributed by atoms with Crippen molar-refractivity contribution in [3.63, 3.8) is 0 Å². The van der Waals surface area contributed by atoms with E-state index in [1.807, 2.05) is 0 Å². The van der Waals surface area contributed by atoms with Gasteiger partial charge in [-0.1, -0.05) is 0 Å². The van der Waals surface area contributed by atoms with Gasteiger partial charge in [-0.15, -0.1) is 0 Å². The maximum atomic E-state index is 12.1. The highest BCUT2D eigenvalue weighted by molar-refractivity contribution is 6.46. The van der Waals surface area contributed by atoms with Gasteiger partial charge in [0.2, 0.25) is 17.2 Å². The first-order chi connectivity index (χ1) is 11.0. The number of Topliss-reactive ketones (excluding diaryl/α,β-unsaturated/α-hetero) is 4. The molecule has 0 aromatic rings. The van der Waals surface area contributed by atoms with Crippen LogP contribution in [-0.4, -0.2) is 98.3 Å². The topological polar surface area (TPSA) is 247 Å². The van der Waals surface area contributed by atoms with Crippen LogP contribution in [0, 0.1) is 0 Å². The minimum atomic E-state index is -3.86. The monoisotopic (exact) mass is 351 g/mol. The van der Waals surface area contributed by atoms with Crippen LogP contribution in [0.15, 0.2) is 0 Å². The Kier molecular flexibility index (Phi) is 7.88. The molecule has 11 N–H and O–H groups in total. The molecule has 24 heavy (non-hydrogen) atoms. The van der Waals surface area contributed by atoms with Crippen LogP contribution in [0.25, 0.3) is 0 Å². The lowest BCUT2D eigenvalue weighted by Crippen LogP contribution is -2.77.